The molecule has 0 heterocycles. The number of methoxy groups -OCH3 is 1. The van der Waals surface area contributed by atoms with Gasteiger partial charge in [-0.05, 0) is 36.2 Å². The van der Waals surface area contributed by atoms with E-state index in [4.69, 9.17) is 21.1 Å². The van der Waals surface area contributed by atoms with Crippen LogP contribution in [-0.4, -0.2) is 13.1 Å². The number of hydrogen-bond acceptors (Lipinski definition) is 3. The van der Waals surface area contributed by atoms with Gasteiger partial charge in [0.05, 0.1) is 7.11 Å². The molecule has 2 aromatic rings. The van der Waals surface area contributed by atoms with Crippen LogP contribution in [0.1, 0.15) is 21.5 Å². The molecular weight excluding hydrogens is 276 g/mol. The number of hydrogen-bond donors (Lipinski definition) is 0. The van der Waals surface area contributed by atoms with Crippen molar-refractivity contribution in [3.63, 3.8) is 0 Å². The van der Waals surface area contributed by atoms with E-state index < -0.39 is 5.97 Å². The Morgan fingerprint density at radius 1 is 1.20 bits per heavy atom. The fourth-order valence-corrected chi connectivity index (χ4v) is 2.00. The molecule has 4 heteroatoms. The van der Waals surface area contributed by atoms with Crippen molar-refractivity contribution in [1.29, 1.82) is 0 Å². The number of benzene rings is 2. The van der Waals surface area contributed by atoms with E-state index in [1.807, 2.05) is 31.2 Å². The highest BCUT2D eigenvalue weighted by molar-refractivity contribution is 6.31. The summed E-state index contributed by atoms with van der Waals surface area (Å²) in [5.74, 6) is -0.00298. The Morgan fingerprint density at radius 3 is 2.65 bits per heavy atom. The molecular formula is C16H15ClO3. The zero-order valence-electron chi connectivity index (χ0n) is 11.4. The predicted octanol–water partition coefficient (Wildman–Crippen LogP) is 4.01. The predicted molar refractivity (Wildman–Crippen MR) is 78.3 cm³/mol. The van der Waals surface area contributed by atoms with Crippen LogP contribution in [0.2, 0.25) is 5.02 Å². The first-order valence-electron chi connectivity index (χ1n) is 6.17. The molecule has 0 spiro atoms. The van der Waals surface area contributed by atoms with Gasteiger partial charge in [0.2, 0.25) is 0 Å². The van der Waals surface area contributed by atoms with Gasteiger partial charge >= 0.3 is 5.97 Å². The Labute approximate surface area is 123 Å². The van der Waals surface area contributed by atoms with Crippen LogP contribution in [0.4, 0.5) is 0 Å². The monoisotopic (exact) mass is 290 g/mol. The van der Waals surface area contributed by atoms with Gasteiger partial charge in [0.25, 0.3) is 0 Å². The van der Waals surface area contributed by atoms with E-state index in [-0.39, 0.29) is 0 Å². The van der Waals surface area contributed by atoms with Gasteiger partial charge in [-0.3, -0.25) is 0 Å². The minimum absolute atomic E-state index is 0.327. The molecule has 20 heavy (non-hydrogen) atoms. The lowest BCUT2D eigenvalue weighted by molar-refractivity contribution is 0.0595. The second-order valence-corrected chi connectivity index (χ2v) is 4.78. The summed E-state index contributed by atoms with van der Waals surface area (Å²) in [5.41, 5.74) is 2.54. The molecule has 0 aliphatic rings. The van der Waals surface area contributed by atoms with Crippen molar-refractivity contribution in [2.45, 2.75) is 13.5 Å². The molecule has 0 atom stereocenters. The van der Waals surface area contributed by atoms with E-state index in [0.29, 0.717) is 22.9 Å². The highest BCUT2D eigenvalue weighted by Crippen LogP contribution is 2.25. The molecule has 0 fully saturated rings. The number of esters is 1. The first kappa shape index (κ1) is 14.4. The van der Waals surface area contributed by atoms with Crippen molar-refractivity contribution < 1.29 is 14.3 Å². The highest BCUT2D eigenvalue weighted by Gasteiger charge is 2.14. The Bertz CT molecular complexity index is 623. The summed E-state index contributed by atoms with van der Waals surface area (Å²) in [6, 6.07) is 12.8. The molecule has 0 N–H and O–H groups in total. The van der Waals surface area contributed by atoms with Crippen LogP contribution in [0.25, 0.3) is 0 Å². The van der Waals surface area contributed by atoms with Crippen LogP contribution in [-0.2, 0) is 11.3 Å². The van der Waals surface area contributed by atoms with Crippen LogP contribution in [0, 0.1) is 6.92 Å². The molecule has 104 valence electrons. The van der Waals surface area contributed by atoms with Gasteiger partial charge in [-0.1, -0.05) is 35.9 Å². The number of carbonyl (C=O) groups is 1. The van der Waals surface area contributed by atoms with E-state index >= 15 is 0 Å². The summed E-state index contributed by atoms with van der Waals surface area (Å²) in [6.07, 6.45) is 0. The SMILES string of the molecule is COC(=O)c1cc(Cl)ccc1OCc1ccccc1C. The zero-order valence-corrected chi connectivity index (χ0v) is 12.1. The first-order valence-corrected chi connectivity index (χ1v) is 6.55. The molecule has 0 saturated carbocycles. The third-order valence-corrected chi connectivity index (χ3v) is 3.23. The largest absolute Gasteiger partial charge is 0.488 e. The number of ether oxygens (including phenoxy) is 2. The molecule has 0 unspecified atom stereocenters. The summed E-state index contributed by atoms with van der Waals surface area (Å²) < 4.78 is 10.5. The lowest BCUT2D eigenvalue weighted by atomic mass is 10.1. The summed E-state index contributed by atoms with van der Waals surface area (Å²) in [5, 5.41) is 0.466. The van der Waals surface area contributed by atoms with Crippen molar-refractivity contribution in [2.75, 3.05) is 7.11 Å². The highest BCUT2D eigenvalue weighted by atomic mass is 35.5. The van der Waals surface area contributed by atoms with Crippen LogP contribution in [0.15, 0.2) is 42.5 Å². The van der Waals surface area contributed by atoms with Crippen molar-refractivity contribution >= 4 is 17.6 Å². The standard InChI is InChI=1S/C16H15ClO3/c1-11-5-3-4-6-12(11)10-20-15-8-7-13(17)9-14(15)16(18)19-2/h3-9H,10H2,1-2H3. The molecule has 0 bridgehead atoms. The maximum Gasteiger partial charge on any atom is 0.341 e. The summed E-state index contributed by atoms with van der Waals surface area (Å²) in [4.78, 5) is 11.7. The summed E-state index contributed by atoms with van der Waals surface area (Å²) >= 11 is 5.90. The quantitative estimate of drug-likeness (QED) is 0.798. The van der Waals surface area contributed by atoms with Crippen molar-refractivity contribution in [2.24, 2.45) is 0 Å². The topological polar surface area (TPSA) is 35.5 Å². The van der Waals surface area contributed by atoms with Gasteiger partial charge in [0, 0.05) is 5.02 Å². The van der Waals surface area contributed by atoms with Crippen molar-refractivity contribution in [1.82, 2.24) is 0 Å². The molecule has 0 aliphatic heterocycles. The lowest BCUT2D eigenvalue weighted by Crippen LogP contribution is -2.06. The maximum absolute atomic E-state index is 11.7. The maximum atomic E-state index is 11.7. The van der Waals surface area contributed by atoms with Crippen molar-refractivity contribution in [3.8, 4) is 5.75 Å². The average molecular weight is 291 g/mol. The number of aryl methyl sites for hydroxylation is 1. The van der Waals surface area contributed by atoms with Gasteiger partial charge in [0.15, 0.2) is 0 Å². The normalized spacial score (nSPS) is 10.2. The molecule has 2 aromatic carbocycles. The van der Waals surface area contributed by atoms with E-state index in [0.717, 1.165) is 11.1 Å². The number of carbonyl (C=O) groups excluding carboxylic acids is 1. The minimum Gasteiger partial charge on any atom is -0.488 e. The van der Waals surface area contributed by atoms with Crippen LogP contribution in [0.3, 0.4) is 0 Å². The third kappa shape index (κ3) is 3.31. The van der Waals surface area contributed by atoms with Gasteiger partial charge in [0.1, 0.15) is 17.9 Å². The Kier molecular flexibility index (Phi) is 4.64. The molecule has 3 nitrogen and oxygen atoms in total. The van der Waals surface area contributed by atoms with E-state index in [9.17, 15) is 4.79 Å². The molecule has 0 radical (unpaired) electrons. The average Bonchev–Trinajstić information content (AvgIpc) is 2.46. The van der Waals surface area contributed by atoms with Crippen LogP contribution >= 0.6 is 11.6 Å². The molecule has 2 rings (SSSR count). The molecule has 0 aliphatic carbocycles. The second-order valence-electron chi connectivity index (χ2n) is 4.35. The van der Waals surface area contributed by atoms with E-state index in [2.05, 4.69) is 0 Å². The van der Waals surface area contributed by atoms with Crippen LogP contribution < -0.4 is 4.74 Å². The van der Waals surface area contributed by atoms with Crippen molar-refractivity contribution in [3.05, 3.63) is 64.2 Å². The third-order valence-electron chi connectivity index (χ3n) is 2.99. The van der Waals surface area contributed by atoms with E-state index in [1.54, 1.807) is 18.2 Å². The Hall–Kier alpha value is -2.00. The zero-order chi connectivity index (χ0) is 14.5. The fraction of sp³-hybridized carbons (Fsp3) is 0.188. The van der Waals surface area contributed by atoms with Gasteiger partial charge < -0.3 is 9.47 Å². The molecule has 0 saturated heterocycles. The lowest BCUT2D eigenvalue weighted by Gasteiger charge is -2.12. The van der Waals surface area contributed by atoms with Crippen LogP contribution in [0.5, 0.6) is 5.75 Å². The number of rotatable bonds is 4. The summed E-state index contributed by atoms with van der Waals surface area (Å²) in [6.45, 7) is 2.40. The van der Waals surface area contributed by atoms with Gasteiger partial charge in [-0.15, -0.1) is 0 Å². The molecule has 0 amide bonds. The molecule has 0 aromatic heterocycles. The smallest absolute Gasteiger partial charge is 0.341 e. The number of halogens is 1. The summed E-state index contributed by atoms with van der Waals surface area (Å²) in [7, 11) is 1.33. The second kappa shape index (κ2) is 6.44. The minimum atomic E-state index is -0.465. The van der Waals surface area contributed by atoms with Gasteiger partial charge in [-0.25, -0.2) is 4.79 Å². The van der Waals surface area contributed by atoms with Gasteiger partial charge in [-0.2, -0.15) is 0 Å². The first-order chi connectivity index (χ1) is 9.61. The Balaban J connectivity index is 2.21. The Morgan fingerprint density at radius 2 is 1.95 bits per heavy atom. The van der Waals surface area contributed by atoms with E-state index in [1.165, 1.54) is 7.11 Å². The fourth-order valence-electron chi connectivity index (χ4n) is 1.83.